The van der Waals surface area contributed by atoms with Crippen molar-refractivity contribution in [2.75, 3.05) is 16.8 Å². The second-order valence-electron chi connectivity index (χ2n) is 7.67. The summed E-state index contributed by atoms with van der Waals surface area (Å²) in [5, 5.41) is 2.91. The number of rotatable bonds is 5. The van der Waals surface area contributed by atoms with E-state index >= 15 is 0 Å². The summed E-state index contributed by atoms with van der Waals surface area (Å²) in [6.07, 6.45) is 0.217. The van der Waals surface area contributed by atoms with Crippen molar-refractivity contribution in [1.82, 2.24) is 0 Å². The number of benzene rings is 3. The van der Waals surface area contributed by atoms with E-state index in [1.54, 1.807) is 17.0 Å². The Kier molecular flexibility index (Phi) is 5.53. The summed E-state index contributed by atoms with van der Waals surface area (Å²) in [6.45, 7) is 4.42. The van der Waals surface area contributed by atoms with Crippen LogP contribution >= 0.6 is 0 Å². The Morgan fingerprint density at radius 3 is 2.00 bits per heavy atom. The fourth-order valence-electron chi connectivity index (χ4n) is 3.45. The van der Waals surface area contributed by atoms with Crippen molar-refractivity contribution < 1.29 is 14.3 Å². The number of hydrogen-bond acceptors (Lipinski definition) is 3. The van der Waals surface area contributed by atoms with E-state index in [4.69, 9.17) is 4.74 Å². The van der Waals surface area contributed by atoms with E-state index in [1.807, 2.05) is 74.5 Å². The average Bonchev–Trinajstić information content (AvgIpc) is 3.13. The van der Waals surface area contributed by atoms with Gasteiger partial charge in [-0.3, -0.25) is 9.59 Å². The van der Waals surface area contributed by atoms with Crippen LogP contribution in [0.3, 0.4) is 0 Å². The summed E-state index contributed by atoms with van der Waals surface area (Å²) >= 11 is 0. The van der Waals surface area contributed by atoms with Crippen LogP contribution in [0.5, 0.6) is 11.5 Å². The Hall–Kier alpha value is -3.60. The molecule has 4 rings (SSSR count). The zero-order chi connectivity index (χ0) is 21.1. The number of carbonyl (C=O) groups is 2. The van der Waals surface area contributed by atoms with Gasteiger partial charge in [-0.25, -0.2) is 0 Å². The molecule has 1 N–H and O–H groups in total. The first kappa shape index (κ1) is 19.7. The lowest BCUT2D eigenvalue weighted by Crippen LogP contribution is -2.28. The number of ether oxygens (including phenoxy) is 1. The Labute approximate surface area is 176 Å². The van der Waals surface area contributed by atoms with E-state index in [2.05, 4.69) is 5.32 Å². The molecule has 1 saturated heterocycles. The highest BCUT2D eigenvalue weighted by molar-refractivity contribution is 6.03. The maximum absolute atomic E-state index is 12.7. The van der Waals surface area contributed by atoms with Gasteiger partial charge in [-0.2, -0.15) is 0 Å². The molecule has 0 radical (unpaired) electrons. The molecule has 0 unspecified atom stereocenters. The fraction of sp³-hybridized carbons (Fsp3) is 0.200. The highest BCUT2D eigenvalue weighted by atomic mass is 16.5. The van der Waals surface area contributed by atoms with E-state index in [0.29, 0.717) is 18.0 Å². The normalized spacial score (nSPS) is 15.9. The zero-order valence-corrected chi connectivity index (χ0v) is 17.1. The smallest absolute Gasteiger partial charge is 0.229 e. The summed E-state index contributed by atoms with van der Waals surface area (Å²) in [5.41, 5.74) is 3.82. The predicted molar refractivity (Wildman–Crippen MR) is 118 cm³/mol. The maximum atomic E-state index is 12.7. The molecule has 0 aliphatic carbocycles. The molecule has 2 amide bonds. The van der Waals surface area contributed by atoms with Gasteiger partial charge >= 0.3 is 0 Å². The number of carbonyl (C=O) groups excluding carboxylic acids is 2. The molecule has 0 aromatic heterocycles. The molecule has 3 aromatic carbocycles. The van der Waals surface area contributed by atoms with Crippen molar-refractivity contribution in [2.45, 2.75) is 20.3 Å². The summed E-state index contributed by atoms with van der Waals surface area (Å²) in [6, 6.07) is 22.8. The SMILES string of the molecule is Cc1ccc(Oc2ccc(NC(=O)[C@H]3CC(=O)N(c4ccc(C)cc4)C3)cc2)cc1. The summed E-state index contributed by atoms with van der Waals surface area (Å²) in [5.74, 6) is 0.907. The number of nitrogens with one attached hydrogen (secondary N) is 1. The van der Waals surface area contributed by atoms with E-state index in [-0.39, 0.29) is 24.2 Å². The van der Waals surface area contributed by atoms with Crippen LogP contribution < -0.4 is 15.0 Å². The number of amides is 2. The molecule has 3 aromatic rings. The van der Waals surface area contributed by atoms with Crippen molar-refractivity contribution in [1.29, 1.82) is 0 Å². The van der Waals surface area contributed by atoms with Crippen molar-refractivity contribution in [3.05, 3.63) is 83.9 Å². The van der Waals surface area contributed by atoms with Gasteiger partial charge in [0.2, 0.25) is 11.8 Å². The Morgan fingerprint density at radius 1 is 0.867 bits per heavy atom. The second-order valence-corrected chi connectivity index (χ2v) is 7.67. The number of nitrogens with zero attached hydrogens (tertiary/aromatic N) is 1. The molecule has 5 nitrogen and oxygen atoms in total. The van der Waals surface area contributed by atoms with Crippen LogP contribution in [0.15, 0.2) is 72.8 Å². The van der Waals surface area contributed by atoms with Crippen molar-refractivity contribution in [3.8, 4) is 11.5 Å². The van der Waals surface area contributed by atoms with Gasteiger partial charge in [-0.15, -0.1) is 0 Å². The van der Waals surface area contributed by atoms with Crippen LogP contribution in [0.2, 0.25) is 0 Å². The van der Waals surface area contributed by atoms with Gasteiger partial charge in [0.1, 0.15) is 11.5 Å². The quantitative estimate of drug-likeness (QED) is 0.649. The van der Waals surface area contributed by atoms with Crippen molar-refractivity contribution in [3.63, 3.8) is 0 Å². The van der Waals surface area contributed by atoms with Gasteiger partial charge in [-0.05, 0) is 62.4 Å². The largest absolute Gasteiger partial charge is 0.457 e. The van der Waals surface area contributed by atoms with Gasteiger partial charge < -0.3 is 15.0 Å². The molecule has 1 heterocycles. The lowest BCUT2D eigenvalue weighted by molar-refractivity contribution is -0.122. The van der Waals surface area contributed by atoms with Crippen LogP contribution in [0, 0.1) is 19.8 Å². The molecule has 0 bridgehead atoms. The standard InChI is InChI=1S/C25H24N2O3/c1-17-3-9-21(10-4-17)27-16-19(15-24(27)28)25(29)26-20-7-13-23(14-8-20)30-22-11-5-18(2)6-12-22/h3-14,19H,15-16H2,1-2H3,(H,26,29)/t19-/m0/s1. The van der Waals surface area contributed by atoms with Crippen molar-refractivity contribution in [2.24, 2.45) is 5.92 Å². The first-order chi connectivity index (χ1) is 14.5. The van der Waals surface area contributed by atoms with E-state index in [0.717, 1.165) is 17.0 Å². The third-order valence-corrected chi connectivity index (χ3v) is 5.22. The third-order valence-electron chi connectivity index (χ3n) is 5.22. The summed E-state index contributed by atoms with van der Waals surface area (Å²) < 4.78 is 5.81. The van der Waals surface area contributed by atoms with Crippen molar-refractivity contribution >= 4 is 23.2 Å². The maximum Gasteiger partial charge on any atom is 0.229 e. The van der Waals surface area contributed by atoms with E-state index in [1.165, 1.54) is 5.56 Å². The molecular weight excluding hydrogens is 376 g/mol. The summed E-state index contributed by atoms with van der Waals surface area (Å²) in [4.78, 5) is 26.8. The lowest BCUT2D eigenvalue weighted by Gasteiger charge is -2.17. The Balaban J connectivity index is 1.36. The zero-order valence-electron chi connectivity index (χ0n) is 17.1. The Bertz CT molecular complexity index is 1040. The van der Waals surface area contributed by atoms with Crippen LogP contribution in [0.1, 0.15) is 17.5 Å². The number of hydrogen-bond donors (Lipinski definition) is 1. The molecule has 0 spiro atoms. The molecule has 1 fully saturated rings. The summed E-state index contributed by atoms with van der Waals surface area (Å²) in [7, 11) is 0. The highest BCUT2D eigenvalue weighted by Gasteiger charge is 2.35. The lowest BCUT2D eigenvalue weighted by atomic mass is 10.1. The highest BCUT2D eigenvalue weighted by Crippen LogP contribution is 2.27. The van der Waals surface area contributed by atoms with Gasteiger partial charge in [-0.1, -0.05) is 35.4 Å². The minimum atomic E-state index is -0.373. The molecule has 30 heavy (non-hydrogen) atoms. The minimum absolute atomic E-state index is 0.0270. The first-order valence-electron chi connectivity index (χ1n) is 10.0. The molecule has 152 valence electrons. The molecule has 1 atom stereocenters. The molecule has 1 aliphatic rings. The van der Waals surface area contributed by atoms with Gasteiger partial charge in [0.25, 0.3) is 0 Å². The van der Waals surface area contributed by atoms with Crippen LogP contribution in [0.4, 0.5) is 11.4 Å². The van der Waals surface area contributed by atoms with Gasteiger partial charge in [0.15, 0.2) is 0 Å². The fourth-order valence-corrected chi connectivity index (χ4v) is 3.45. The average molecular weight is 400 g/mol. The van der Waals surface area contributed by atoms with Gasteiger partial charge in [0, 0.05) is 24.3 Å². The third kappa shape index (κ3) is 4.51. The van der Waals surface area contributed by atoms with Crippen LogP contribution in [-0.4, -0.2) is 18.4 Å². The predicted octanol–water partition coefficient (Wildman–Crippen LogP) is 5.09. The molecule has 5 heteroatoms. The monoisotopic (exact) mass is 400 g/mol. The Morgan fingerprint density at radius 2 is 1.40 bits per heavy atom. The van der Waals surface area contributed by atoms with Crippen LogP contribution in [0.25, 0.3) is 0 Å². The van der Waals surface area contributed by atoms with E-state index in [9.17, 15) is 9.59 Å². The minimum Gasteiger partial charge on any atom is -0.457 e. The molecule has 0 saturated carbocycles. The van der Waals surface area contributed by atoms with Gasteiger partial charge in [0.05, 0.1) is 5.92 Å². The van der Waals surface area contributed by atoms with Crippen LogP contribution in [-0.2, 0) is 9.59 Å². The molecule has 1 aliphatic heterocycles. The van der Waals surface area contributed by atoms with E-state index < -0.39 is 0 Å². The number of aryl methyl sites for hydroxylation is 2. The second kappa shape index (κ2) is 8.41. The first-order valence-corrected chi connectivity index (χ1v) is 10.0. The number of anilines is 2. The topological polar surface area (TPSA) is 58.6 Å². The molecular formula is C25H24N2O3.